The minimum Gasteiger partial charge on any atom is -0.493 e. The molecule has 7 nitrogen and oxygen atoms in total. The summed E-state index contributed by atoms with van der Waals surface area (Å²) in [6.07, 6.45) is -0.767. The number of hydrogen-bond acceptors (Lipinski definition) is 6. The molecule has 0 unspecified atom stereocenters. The van der Waals surface area contributed by atoms with E-state index in [9.17, 15) is 4.79 Å². The summed E-state index contributed by atoms with van der Waals surface area (Å²) < 4.78 is 15.7. The van der Waals surface area contributed by atoms with Gasteiger partial charge in [0, 0.05) is 5.56 Å². The quantitative estimate of drug-likeness (QED) is 0.742. The molecule has 0 fully saturated rings. The Morgan fingerprint density at radius 2 is 1.72 bits per heavy atom. The first kappa shape index (κ1) is 16.5. The maximum atomic E-state index is 12.4. The predicted octanol–water partition coefficient (Wildman–Crippen LogP) is 3.15. The number of hydrogen-bond donors (Lipinski definition) is 1. The lowest BCUT2D eigenvalue weighted by Crippen LogP contribution is -2.30. The van der Waals surface area contributed by atoms with Crippen LogP contribution in [0, 0.1) is 0 Å². The first-order valence-electron chi connectivity index (χ1n) is 7.67. The number of nitrogens with zero attached hydrogens (tertiary/aromatic N) is 2. The van der Waals surface area contributed by atoms with Crippen LogP contribution in [0.4, 0.5) is 5.82 Å². The Bertz CT molecular complexity index is 848. The molecule has 128 valence electrons. The van der Waals surface area contributed by atoms with Crippen molar-refractivity contribution in [2.45, 2.75) is 13.0 Å². The van der Waals surface area contributed by atoms with Crippen LogP contribution in [-0.2, 0) is 4.79 Å². The van der Waals surface area contributed by atoms with Gasteiger partial charge in [0.2, 0.25) is 5.82 Å². The molecule has 0 saturated carbocycles. The van der Waals surface area contributed by atoms with Gasteiger partial charge in [-0.3, -0.25) is 4.79 Å². The van der Waals surface area contributed by atoms with Crippen molar-refractivity contribution in [2.75, 3.05) is 12.4 Å². The molecular formula is C18H17N3O4. The lowest BCUT2D eigenvalue weighted by Gasteiger charge is -2.16. The van der Waals surface area contributed by atoms with Gasteiger partial charge in [-0.05, 0) is 29.4 Å². The molecular weight excluding hydrogens is 322 g/mol. The Morgan fingerprint density at radius 3 is 2.44 bits per heavy atom. The Kier molecular flexibility index (Phi) is 4.94. The largest absolute Gasteiger partial charge is 0.493 e. The van der Waals surface area contributed by atoms with Gasteiger partial charge in [-0.25, -0.2) is 4.63 Å². The molecule has 1 aromatic heterocycles. The van der Waals surface area contributed by atoms with Gasteiger partial charge in [0.05, 0.1) is 7.11 Å². The van der Waals surface area contributed by atoms with Crippen molar-refractivity contribution in [1.29, 1.82) is 0 Å². The number of carbonyl (C=O) groups excluding carboxylic acids is 1. The van der Waals surface area contributed by atoms with Crippen LogP contribution >= 0.6 is 0 Å². The molecule has 3 aromatic rings. The minimum atomic E-state index is -0.767. The van der Waals surface area contributed by atoms with Gasteiger partial charge in [-0.2, -0.15) is 0 Å². The van der Waals surface area contributed by atoms with E-state index in [2.05, 4.69) is 15.6 Å². The lowest BCUT2D eigenvalue weighted by molar-refractivity contribution is -0.122. The molecule has 1 N–H and O–H groups in total. The number of nitrogens with one attached hydrogen (secondary N) is 1. The van der Waals surface area contributed by atoms with Crippen molar-refractivity contribution in [1.82, 2.24) is 10.3 Å². The molecule has 0 bridgehead atoms. The predicted molar refractivity (Wildman–Crippen MR) is 91.4 cm³/mol. The summed E-state index contributed by atoms with van der Waals surface area (Å²) in [7, 11) is 1.54. The molecule has 0 aliphatic heterocycles. The van der Waals surface area contributed by atoms with Crippen molar-refractivity contribution in [3.05, 3.63) is 54.6 Å². The molecule has 0 aliphatic carbocycles. The average Bonchev–Trinajstić information content (AvgIpc) is 3.11. The molecule has 0 aliphatic rings. The third-order valence-electron chi connectivity index (χ3n) is 3.52. The highest BCUT2D eigenvalue weighted by Gasteiger charge is 2.21. The van der Waals surface area contributed by atoms with Crippen LogP contribution in [-0.4, -0.2) is 29.4 Å². The molecule has 0 radical (unpaired) electrons. The number of rotatable bonds is 6. The highest BCUT2D eigenvalue weighted by molar-refractivity contribution is 5.96. The Morgan fingerprint density at radius 1 is 1.04 bits per heavy atom. The van der Waals surface area contributed by atoms with E-state index in [1.54, 1.807) is 32.2 Å². The van der Waals surface area contributed by atoms with E-state index in [0.717, 1.165) is 5.56 Å². The van der Waals surface area contributed by atoms with E-state index in [1.165, 1.54) is 0 Å². The third-order valence-corrected chi connectivity index (χ3v) is 3.52. The molecule has 25 heavy (non-hydrogen) atoms. The van der Waals surface area contributed by atoms with Crippen molar-refractivity contribution in [3.8, 4) is 22.8 Å². The van der Waals surface area contributed by atoms with Gasteiger partial charge in [0.1, 0.15) is 0 Å². The average molecular weight is 339 g/mol. The molecule has 2 aromatic carbocycles. The number of amides is 1. The highest BCUT2D eigenvalue weighted by atomic mass is 16.6. The van der Waals surface area contributed by atoms with E-state index >= 15 is 0 Å². The summed E-state index contributed by atoms with van der Waals surface area (Å²) in [5.74, 6) is 0.898. The van der Waals surface area contributed by atoms with Gasteiger partial charge in [0.15, 0.2) is 23.3 Å². The summed E-state index contributed by atoms with van der Waals surface area (Å²) in [6.45, 7) is 1.64. The maximum Gasteiger partial charge on any atom is 0.266 e. The summed E-state index contributed by atoms with van der Waals surface area (Å²) in [4.78, 5) is 12.4. The summed E-state index contributed by atoms with van der Waals surface area (Å²) in [5, 5.41) is 10.3. The molecule has 1 atom stereocenters. The van der Waals surface area contributed by atoms with Crippen LogP contribution in [0.5, 0.6) is 11.5 Å². The van der Waals surface area contributed by atoms with Crippen LogP contribution in [0.2, 0.25) is 0 Å². The molecule has 0 saturated heterocycles. The van der Waals surface area contributed by atoms with E-state index in [-0.39, 0.29) is 11.7 Å². The number of carbonyl (C=O) groups is 1. The second-order valence-corrected chi connectivity index (χ2v) is 5.23. The van der Waals surface area contributed by atoms with E-state index < -0.39 is 6.10 Å². The zero-order valence-electron chi connectivity index (χ0n) is 13.8. The second kappa shape index (κ2) is 7.48. The number of benzene rings is 2. The fourth-order valence-electron chi connectivity index (χ4n) is 2.23. The van der Waals surface area contributed by atoms with Crippen LogP contribution in [0.15, 0.2) is 59.2 Å². The van der Waals surface area contributed by atoms with E-state index in [1.807, 2.05) is 36.4 Å². The summed E-state index contributed by atoms with van der Waals surface area (Å²) >= 11 is 0. The van der Waals surface area contributed by atoms with Crippen LogP contribution in [0.3, 0.4) is 0 Å². The third kappa shape index (κ3) is 3.77. The van der Waals surface area contributed by atoms with Crippen LogP contribution in [0.25, 0.3) is 11.3 Å². The van der Waals surface area contributed by atoms with Crippen molar-refractivity contribution < 1.29 is 18.9 Å². The Labute approximate surface area is 144 Å². The van der Waals surface area contributed by atoms with E-state index in [4.69, 9.17) is 14.1 Å². The number of methoxy groups -OCH3 is 1. The summed E-state index contributed by atoms with van der Waals surface area (Å²) in [6, 6.07) is 16.4. The fourth-order valence-corrected chi connectivity index (χ4v) is 2.23. The monoisotopic (exact) mass is 339 g/mol. The normalized spacial score (nSPS) is 11.6. The van der Waals surface area contributed by atoms with Gasteiger partial charge in [-0.1, -0.05) is 42.5 Å². The second-order valence-electron chi connectivity index (χ2n) is 5.23. The zero-order chi connectivity index (χ0) is 17.6. The van der Waals surface area contributed by atoms with Gasteiger partial charge in [-0.15, -0.1) is 0 Å². The highest BCUT2D eigenvalue weighted by Crippen LogP contribution is 2.27. The Hall–Kier alpha value is -3.35. The van der Waals surface area contributed by atoms with Gasteiger partial charge in [0.25, 0.3) is 5.91 Å². The standard InChI is InChI=1S/C18H17N3O4/c1-12(24-15-11-7-6-10-14(15)23-2)18(22)19-17-16(20-25-21-17)13-8-4-3-5-9-13/h3-12H,1-2H3,(H,19,21,22)/t12-/m0/s1. The number of ether oxygens (including phenoxy) is 2. The van der Waals surface area contributed by atoms with Crippen LogP contribution < -0.4 is 14.8 Å². The fraction of sp³-hybridized carbons (Fsp3) is 0.167. The smallest absolute Gasteiger partial charge is 0.266 e. The zero-order valence-corrected chi connectivity index (χ0v) is 13.8. The topological polar surface area (TPSA) is 86.5 Å². The maximum absolute atomic E-state index is 12.4. The molecule has 7 heteroatoms. The van der Waals surface area contributed by atoms with Crippen molar-refractivity contribution in [2.24, 2.45) is 0 Å². The molecule has 1 heterocycles. The van der Waals surface area contributed by atoms with Gasteiger partial charge < -0.3 is 14.8 Å². The first-order chi connectivity index (χ1) is 12.2. The number of para-hydroxylation sites is 2. The minimum absolute atomic E-state index is 0.242. The summed E-state index contributed by atoms with van der Waals surface area (Å²) in [5.41, 5.74) is 1.25. The Balaban J connectivity index is 1.72. The SMILES string of the molecule is COc1ccccc1O[C@@H](C)C(=O)Nc1nonc1-c1ccccc1. The number of anilines is 1. The lowest BCUT2D eigenvalue weighted by atomic mass is 10.1. The van der Waals surface area contributed by atoms with Crippen molar-refractivity contribution >= 4 is 11.7 Å². The first-order valence-corrected chi connectivity index (χ1v) is 7.67. The van der Waals surface area contributed by atoms with E-state index in [0.29, 0.717) is 17.2 Å². The molecule has 1 amide bonds. The molecule has 0 spiro atoms. The van der Waals surface area contributed by atoms with Crippen LogP contribution in [0.1, 0.15) is 6.92 Å². The van der Waals surface area contributed by atoms with Crippen molar-refractivity contribution in [3.63, 3.8) is 0 Å². The molecule has 3 rings (SSSR count). The van der Waals surface area contributed by atoms with Gasteiger partial charge >= 0.3 is 0 Å². The number of aromatic nitrogens is 2.